The summed E-state index contributed by atoms with van der Waals surface area (Å²) in [5.74, 6) is -0.384. The molecule has 0 saturated heterocycles. The summed E-state index contributed by atoms with van der Waals surface area (Å²) in [5.41, 5.74) is 2.34. The predicted molar refractivity (Wildman–Crippen MR) is 59.8 cm³/mol. The molecule has 1 rings (SSSR count). The lowest BCUT2D eigenvalue weighted by atomic mass is 9.75. The van der Waals surface area contributed by atoms with Gasteiger partial charge in [0.25, 0.3) is 0 Å². The Morgan fingerprint density at radius 1 is 1.38 bits per heavy atom. The summed E-state index contributed by atoms with van der Waals surface area (Å²) in [6.07, 6.45) is 8.94. The second-order valence-corrected chi connectivity index (χ2v) is 3.88. The second-order valence-electron chi connectivity index (χ2n) is 3.88. The lowest BCUT2D eigenvalue weighted by molar-refractivity contribution is 0.546. The highest BCUT2D eigenvalue weighted by molar-refractivity contribution is 5.40. The molecule has 1 atom stereocenters. The molecule has 0 spiro atoms. The number of unbranched alkanes of at least 4 members (excludes halogenated alkanes) is 2. The van der Waals surface area contributed by atoms with Crippen LogP contribution in [0.2, 0.25) is 0 Å². The topological polar surface area (TPSA) is 0 Å². The zero-order valence-corrected chi connectivity index (χ0v) is 9.03. The molecule has 0 fully saturated rings. The quantitative estimate of drug-likeness (QED) is 0.564. The van der Waals surface area contributed by atoms with Crippen molar-refractivity contribution in [2.45, 2.75) is 52.4 Å². The Morgan fingerprint density at radius 2 is 2.08 bits per heavy atom. The average Bonchev–Trinajstić information content (AvgIpc) is 2.20. The van der Waals surface area contributed by atoms with Crippen molar-refractivity contribution >= 4 is 0 Å². The highest BCUT2D eigenvalue weighted by atomic mass is 14.3. The van der Waals surface area contributed by atoms with Crippen LogP contribution in [0.4, 0.5) is 0 Å². The van der Waals surface area contributed by atoms with Gasteiger partial charge in [0.15, 0.2) is 0 Å². The van der Waals surface area contributed by atoms with Crippen LogP contribution < -0.4 is 0 Å². The van der Waals surface area contributed by atoms with Gasteiger partial charge in [-0.1, -0.05) is 51.3 Å². The maximum Gasteiger partial charge on any atom is 0.0399 e. The third-order valence-electron chi connectivity index (χ3n) is 2.70. The smallest absolute Gasteiger partial charge is 0.0399 e. The minimum Gasteiger partial charge on any atom is -0.0952 e. The zero-order valence-electron chi connectivity index (χ0n) is 10.0. The molecule has 13 heavy (non-hydrogen) atoms. The Balaban J connectivity index is 2.51. The molecule has 0 radical (unpaired) electrons. The fraction of sp³-hybridized carbons (Fsp3) is 0.692. The molecule has 0 heteroatoms. The Labute approximate surface area is 84.1 Å². The minimum absolute atomic E-state index is 0.384. The van der Waals surface area contributed by atoms with Gasteiger partial charge in [0.2, 0.25) is 0 Å². The lowest BCUT2D eigenvalue weighted by Crippen LogP contribution is -2.15. The van der Waals surface area contributed by atoms with Gasteiger partial charge < -0.3 is 0 Å². The Morgan fingerprint density at radius 3 is 2.62 bits per heavy atom. The van der Waals surface area contributed by atoms with Crippen molar-refractivity contribution in [3.63, 3.8) is 0 Å². The zero-order chi connectivity index (χ0) is 10.6. The van der Waals surface area contributed by atoms with Crippen molar-refractivity contribution in [2.24, 2.45) is 5.89 Å². The van der Waals surface area contributed by atoms with E-state index in [0.29, 0.717) is 0 Å². The summed E-state index contributed by atoms with van der Waals surface area (Å²) in [4.78, 5) is 0. The fourth-order valence-electron chi connectivity index (χ4n) is 1.78. The lowest BCUT2D eigenvalue weighted by Gasteiger charge is -2.30. The monoisotopic (exact) mass is 179 g/mol. The number of hydrogen-bond acceptors (Lipinski definition) is 0. The van der Waals surface area contributed by atoms with Gasteiger partial charge in [-0.15, -0.1) is 0 Å². The van der Waals surface area contributed by atoms with Gasteiger partial charge in [0.05, 0.1) is 0 Å². The third-order valence-corrected chi connectivity index (χ3v) is 2.70. The van der Waals surface area contributed by atoms with Crippen LogP contribution >= 0.6 is 0 Å². The number of hydrogen-bond donors (Lipinski definition) is 0. The first-order chi connectivity index (χ1) is 6.65. The molecule has 0 heterocycles. The van der Waals surface area contributed by atoms with Gasteiger partial charge in [-0.05, 0) is 24.8 Å². The summed E-state index contributed by atoms with van der Waals surface area (Å²) < 4.78 is 8.34. The largest absolute Gasteiger partial charge is 0.0952 e. The SMILES string of the molecule is [2H]C1(CCCC)C(=C)C=C1CCCC. The molecule has 74 valence electrons. The molecular weight excluding hydrogens is 156 g/mol. The van der Waals surface area contributed by atoms with Gasteiger partial charge in [-0.25, -0.2) is 0 Å². The summed E-state index contributed by atoms with van der Waals surface area (Å²) in [5, 5.41) is 0. The Hall–Kier alpha value is -0.520. The van der Waals surface area contributed by atoms with Crippen molar-refractivity contribution in [1.82, 2.24) is 0 Å². The van der Waals surface area contributed by atoms with Crippen molar-refractivity contribution in [2.75, 3.05) is 0 Å². The van der Waals surface area contributed by atoms with Gasteiger partial charge in [-0.2, -0.15) is 0 Å². The first kappa shape index (κ1) is 9.05. The normalized spacial score (nSPS) is 28.0. The highest BCUT2D eigenvalue weighted by Gasteiger charge is 2.23. The summed E-state index contributed by atoms with van der Waals surface area (Å²) >= 11 is 0. The van der Waals surface area contributed by atoms with Crippen LogP contribution in [-0.2, 0) is 0 Å². The van der Waals surface area contributed by atoms with Crippen LogP contribution in [0.3, 0.4) is 0 Å². The standard InChI is InChI=1S/C13H22/c1-4-6-8-12-10-11(3)13(12)9-7-5-2/h10,13H,3-9H2,1-2H3/i13D. The molecular formula is C13H22. The van der Waals surface area contributed by atoms with E-state index in [0.717, 1.165) is 24.8 Å². The maximum absolute atomic E-state index is 8.34. The molecule has 1 aliphatic rings. The molecule has 1 aliphatic carbocycles. The van der Waals surface area contributed by atoms with Crippen LogP contribution in [-0.4, -0.2) is 0 Å². The van der Waals surface area contributed by atoms with E-state index < -0.39 is 0 Å². The van der Waals surface area contributed by atoms with Gasteiger partial charge >= 0.3 is 0 Å². The van der Waals surface area contributed by atoms with E-state index in [9.17, 15) is 0 Å². The van der Waals surface area contributed by atoms with Crippen LogP contribution in [0, 0.1) is 5.89 Å². The number of allylic oxidation sites excluding steroid dienone is 3. The molecule has 0 nitrogen and oxygen atoms in total. The predicted octanol–water partition coefficient (Wildman–Crippen LogP) is 4.48. The molecule has 0 amide bonds. The van der Waals surface area contributed by atoms with E-state index in [-0.39, 0.29) is 5.89 Å². The van der Waals surface area contributed by atoms with Crippen LogP contribution in [0.25, 0.3) is 0 Å². The van der Waals surface area contributed by atoms with Crippen molar-refractivity contribution in [1.29, 1.82) is 0 Å². The Bertz CT molecular complexity index is 240. The maximum atomic E-state index is 8.34. The van der Waals surface area contributed by atoms with E-state index >= 15 is 0 Å². The first-order valence-corrected chi connectivity index (χ1v) is 5.55. The molecule has 0 bridgehead atoms. The molecule has 1 unspecified atom stereocenters. The van der Waals surface area contributed by atoms with Gasteiger partial charge in [-0.3, -0.25) is 0 Å². The molecule has 0 aromatic heterocycles. The second kappa shape index (κ2) is 5.26. The van der Waals surface area contributed by atoms with Crippen LogP contribution in [0.5, 0.6) is 0 Å². The van der Waals surface area contributed by atoms with Gasteiger partial charge in [0.1, 0.15) is 0 Å². The van der Waals surface area contributed by atoms with Crippen LogP contribution in [0.15, 0.2) is 23.8 Å². The van der Waals surface area contributed by atoms with E-state index in [4.69, 9.17) is 1.37 Å². The van der Waals surface area contributed by atoms with Crippen molar-refractivity contribution in [3.8, 4) is 0 Å². The highest BCUT2D eigenvalue weighted by Crippen LogP contribution is 2.38. The molecule has 0 aliphatic heterocycles. The fourth-order valence-corrected chi connectivity index (χ4v) is 1.78. The van der Waals surface area contributed by atoms with Gasteiger partial charge in [0, 0.05) is 7.26 Å². The summed E-state index contributed by atoms with van der Waals surface area (Å²) in [6, 6.07) is 0. The van der Waals surface area contributed by atoms with E-state index in [2.05, 4.69) is 26.5 Å². The summed E-state index contributed by atoms with van der Waals surface area (Å²) in [7, 11) is 0. The third kappa shape index (κ3) is 2.72. The summed E-state index contributed by atoms with van der Waals surface area (Å²) in [6.45, 7) is 8.34. The average molecular weight is 179 g/mol. The molecule has 0 aromatic rings. The number of rotatable bonds is 6. The molecule has 0 aromatic carbocycles. The van der Waals surface area contributed by atoms with E-state index in [1.165, 1.54) is 24.8 Å². The van der Waals surface area contributed by atoms with E-state index in [1.54, 1.807) is 0 Å². The van der Waals surface area contributed by atoms with Crippen LogP contribution in [0.1, 0.15) is 53.7 Å². The minimum atomic E-state index is -0.384. The van der Waals surface area contributed by atoms with E-state index in [1.807, 2.05) is 0 Å². The first-order valence-electron chi connectivity index (χ1n) is 6.05. The Kier molecular flexibility index (Phi) is 3.66. The van der Waals surface area contributed by atoms with Crippen molar-refractivity contribution in [3.05, 3.63) is 23.8 Å². The molecule has 0 N–H and O–H groups in total. The molecule has 0 saturated carbocycles. The van der Waals surface area contributed by atoms with Crippen molar-refractivity contribution < 1.29 is 1.37 Å².